The molecule has 1 saturated heterocycles. The number of β-amino-alcohol motifs (C(OH)–C–C–N with tert-alkyl or cyclic N) is 1. The Labute approximate surface area is 134 Å². The standard InChI is InChI=1S/C15H21ClN2O4/c1-15(21,14(19)20)10-17-5-7-18(8-6-17)13-9-11(22-2)3-4-12(13)16/h3-4,9,21H,5-8,10H2,1-2H3,(H,19,20). The van der Waals surface area contributed by atoms with Crippen molar-refractivity contribution >= 4 is 23.3 Å². The Morgan fingerprint density at radius 3 is 2.55 bits per heavy atom. The number of carbonyl (C=O) groups is 1. The summed E-state index contributed by atoms with van der Waals surface area (Å²) in [6, 6.07) is 5.51. The molecular weight excluding hydrogens is 308 g/mol. The van der Waals surface area contributed by atoms with Crippen LogP contribution in [0.4, 0.5) is 5.69 Å². The fraction of sp³-hybridized carbons (Fsp3) is 0.533. The first-order valence-corrected chi connectivity index (χ1v) is 7.48. The fourth-order valence-corrected chi connectivity index (χ4v) is 2.75. The molecule has 0 amide bonds. The molecule has 22 heavy (non-hydrogen) atoms. The number of benzene rings is 1. The fourth-order valence-electron chi connectivity index (χ4n) is 2.51. The third-order valence-corrected chi connectivity index (χ3v) is 4.18. The van der Waals surface area contributed by atoms with Crippen LogP contribution in [-0.4, -0.2) is 66.5 Å². The van der Waals surface area contributed by atoms with Gasteiger partial charge in [-0.3, -0.25) is 4.90 Å². The van der Waals surface area contributed by atoms with Crippen molar-refractivity contribution in [3.8, 4) is 5.75 Å². The summed E-state index contributed by atoms with van der Waals surface area (Å²) >= 11 is 6.24. The number of hydrogen-bond acceptors (Lipinski definition) is 5. The zero-order valence-corrected chi connectivity index (χ0v) is 13.5. The highest BCUT2D eigenvalue weighted by Crippen LogP contribution is 2.30. The topological polar surface area (TPSA) is 73.2 Å². The van der Waals surface area contributed by atoms with Crippen LogP contribution in [0.15, 0.2) is 18.2 Å². The molecule has 0 bridgehead atoms. The van der Waals surface area contributed by atoms with Crippen LogP contribution in [0.5, 0.6) is 5.75 Å². The quantitative estimate of drug-likeness (QED) is 0.849. The maximum absolute atomic E-state index is 11.0. The van der Waals surface area contributed by atoms with Crippen LogP contribution >= 0.6 is 11.6 Å². The van der Waals surface area contributed by atoms with Gasteiger partial charge in [0.1, 0.15) is 5.75 Å². The highest BCUT2D eigenvalue weighted by atomic mass is 35.5. The third-order valence-electron chi connectivity index (χ3n) is 3.86. The van der Waals surface area contributed by atoms with Crippen molar-refractivity contribution in [1.82, 2.24) is 4.90 Å². The summed E-state index contributed by atoms with van der Waals surface area (Å²) < 4.78 is 5.22. The van der Waals surface area contributed by atoms with Gasteiger partial charge in [-0.05, 0) is 19.1 Å². The van der Waals surface area contributed by atoms with Crippen LogP contribution in [0.3, 0.4) is 0 Å². The number of carboxylic acids is 1. The van der Waals surface area contributed by atoms with E-state index in [4.69, 9.17) is 21.4 Å². The molecule has 122 valence electrons. The Balaban J connectivity index is 1.99. The SMILES string of the molecule is COc1ccc(Cl)c(N2CCN(CC(C)(O)C(=O)O)CC2)c1. The molecule has 0 radical (unpaired) electrons. The Kier molecular flexibility index (Phi) is 5.16. The molecule has 1 aromatic rings. The van der Waals surface area contributed by atoms with Gasteiger partial charge in [-0.25, -0.2) is 4.79 Å². The van der Waals surface area contributed by atoms with Gasteiger partial charge in [0, 0.05) is 38.8 Å². The largest absolute Gasteiger partial charge is 0.497 e. The summed E-state index contributed by atoms with van der Waals surface area (Å²) in [7, 11) is 1.61. The molecule has 0 aromatic heterocycles. The molecule has 1 aromatic carbocycles. The molecule has 0 saturated carbocycles. The summed E-state index contributed by atoms with van der Waals surface area (Å²) in [5, 5.41) is 19.5. The van der Waals surface area contributed by atoms with E-state index in [1.165, 1.54) is 6.92 Å². The van der Waals surface area contributed by atoms with Gasteiger partial charge in [-0.15, -0.1) is 0 Å². The molecule has 0 spiro atoms. The monoisotopic (exact) mass is 328 g/mol. The zero-order valence-electron chi connectivity index (χ0n) is 12.8. The van der Waals surface area contributed by atoms with Crippen molar-refractivity contribution in [3.05, 3.63) is 23.2 Å². The number of aliphatic hydroxyl groups is 1. The van der Waals surface area contributed by atoms with E-state index in [0.29, 0.717) is 31.2 Å². The number of hydrogen-bond donors (Lipinski definition) is 2. The zero-order chi connectivity index (χ0) is 16.3. The van der Waals surface area contributed by atoms with Gasteiger partial charge in [0.25, 0.3) is 0 Å². The second kappa shape index (κ2) is 6.73. The summed E-state index contributed by atoms with van der Waals surface area (Å²) in [6.07, 6.45) is 0. The molecular formula is C15H21ClN2O4. The van der Waals surface area contributed by atoms with Gasteiger partial charge in [0.2, 0.25) is 0 Å². The number of carboxylic acid groups (broad SMARTS) is 1. The number of anilines is 1. The van der Waals surface area contributed by atoms with Crippen molar-refractivity contribution in [3.63, 3.8) is 0 Å². The highest BCUT2D eigenvalue weighted by molar-refractivity contribution is 6.33. The normalized spacial score (nSPS) is 18.8. The molecule has 1 aliphatic heterocycles. The Morgan fingerprint density at radius 2 is 2.00 bits per heavy atom. The lowest BCUT2D eigenvalue weighted by Gasteiger charge is -2.38. The predicted octanol–water partition coefficient (Wildman–Crippen LogP) is 1.31. The van der Waals surface area contributed by atoms with E-state index in [1.54, 1.807) is 13.2 Å². The van der Waals surface area contributed by atoms with Crippen molar-refractivity contribution in [2.24, 2.45) is 0 Å². The second-order valence-electron chi connectivity index (χ2n) is 5.66. The molecule has 1 unspecified atom stereocenters. The van der Waals surface area contributed by atoms with Crippen molar-refractivity contribution < 1.29 is 19.7 Å². The molecule has 1 atom stereocenters. The molecule has 2 rings (SSSR count). The van der Waals surface area contributed by atoms with Crippen LogP contribution in [-0.2, 0) is 4.79 Å². The molecule has 0 aliphatic carbocycles. The van der Waals surface area contributed by atoms with Gasteiger partial charge in [0.15, 0.2) is 5.60 Å². The summed E-state index contributed by atoms with van der Waals surface area (Å²) in [6.45, 7) is 4.18. The third kappa shape index (κ3) is 3.82. The predicted molar refractivity (Wildman–Crippen MR) is 84.9 cm³/mol. The van der Waals surface area contributed by atoms with Crippen LogP contribution < -0.4 is 9.64 Å². The van der Waals surface area contributed by atoms with Crippen molar-refractivity contribution in [1.29, 1.82) is 0 Å². The minimum absolute atomic E-state index is 0.113. The number of aliphatic carboxylic acids is 1. The van der Waals surface area contributed by atoms with E-state index in [-0.39, 0.29) is 6.54 Å². The first-order chi connectivity index (χ1) is 10.3. The molecule has 7 heteroatoms. The average molecular weight is 329 g/mol. The maximum atomic E-state index is 11.0. The number of nitrogens with zero attached hydrogens (tertiary/aromatic N) is 2. The summed E-state index contributed by atoms with van der Waals surface area (Å²) in [4.78, 5) is 15.1. The van der Waals surface area contributed by atoms with E-state index in [0.717, 1.165) is 11.4 Å². The lowest BCUT2D eigenvalue weighted by atomic mass is 10.1. The molecule has 6 nitrogen and oxygen atoms in total. The minimum atomic E-state index is -1.73. The van der Waals surface area contributed by atoms with Crippen molar-refractivity contribution in [2.45, 2.75) is 12.5 Å². The number of methoxy groups -OCH3 is 1. The minimum Gasteiger partial charge on any atom is -0.497 e. The molecule has 1 fully saturated rings. The number of rotatable bonds is 5. The van der Waals surface area contributed by atoms with Crippen molar-refractivity contribution in [2.75, 3.05) is 44.7 Å². The lowest BCUT2D eigenvalue weighted by Crippen LogP contribution is -2.53. The van der Waals surface area contributed by atoms with E-state index in [2.05, 4.69) is 4.90 Å². The number of piperazine rings is 1. The first-order valence-electron chi connectivity index (χ1n) is 7.10. The van der Waals surface area contributed by atoms with Gasteiger partial charge in [-0.1, -0.05) is 11.6 Å². The van der Waals surface area contributed by atoms with Gasteiger partial charge in [-0.2, -0.15) is 0 Å². The smallest absolute Gasteiger partial charge is 0.336 e. The Morgan fingerprint density at radius 1 is 1.36 bits per heavy atom. The number of halogens is 1. The number of ether oxygens (including phenoxy) is 1. The van der Waals surface area contributed by atoms with Crippen LogP contribution in [0.1, 0.15) is 6.92 Å². The maximum Gasteiger partial charge on any atom is 0.336 e. The van der Waals surface area contributed by atoms with Gasteiger partial charge in [0.05, 0.1) is 17.8 Å². The first kappa shape index (κ1) is 16.9. The van der Waals surface area contributed by atoms with E-state index in [1.807, 2.05) is 17.0 Å². The van der Waals surface area contributed by atoms with Crippen LogP contribution in [0, 0.1) is 0 Å². The average Bonchev–Trinajstić information content (AvgIpc) is 2.48. The van der Waals surface area contributed by atoms with E-state index < -0.39 is 11.6 Å². The summed E-state index contributed by atoms with van der Waals surface area (Å²) in [5.74, 6) is -0.457. The second-order valence-corrected chi connectivity index (χ2v) is 6.07. The molecule has 2 N–H and O–H groups in total. The molecule has 1 aliphatic rings. The van der Waals surface area contributed by atoms with E-state index >= 15 is 0 Å². The molecule has 1 heterocycles. The Bertz CT molecular complexity index is 542. The highest BCUT2D eigenvalue weighted by Gasteiger charge is 2.33. The summed E-state index contributed by atoms with van der Waals surface area (Å²) in [5.41, 5.74) is -0.818. The van der Waals surface area contributed by atoms with Gasteiger partial charge >= 0.3 is 5.97 Å². The van der Waals surface area contributed by atoms with E-state index in [9.17, 15) is 9.90 Å². The van der Waals surface area contributed by atoms with Crippen LogP contribution in [0.2, 0.25) is 5.02 Å². The lowest BCUT2D eigenvalue weighted by molar-refractivity contribution is -0.158. The Hall–Kier alpha value is -1.50. The van der Waals surface area contributed by atoms with Crippen LogP contribution in [0.25, 0.3) is 0 Å². The van der Waals surface area contributed by atoms with Gasteiger partial charge < -0.3 is 19.8 Å².